The molecule has 7 heteroatoms. The normalized spacial score (nSPS) is 21.5. The highest BCUT2D eigenvalue weighted by Crippen LogP contribution is 2.40. The van der Waals surface area contributed by atoms with E-state index < -0.39 is 0 Å². The van der Waals surface area contributed by atoms with Crippen LogP contribution in [0.25, 0.3) is 6.08 Å². The Morgan fingerprint density at radius 2 is 2.13 bits per heavy atom. The van der Waals surface area contributed by atoms with Gasteiger partial charge in [0.1, 0.15) is 5.82 Å². The molecule has 7 nitrogen and oxygen atoms in total. The molecule has 4 heterocycles. The third-order valence-corrected chi connectivity index (χ3v) is 6.60. The average molecular weight is 413 g/mol. The molecule has 1 N–H and O–H groups in total. The first kappa shape index (κ1) is 21.0. The van der Waals surface area contributed by atoms with Crippen LogP contribution in [0.2, 0.25) is 0 Å². The minimum Gasteiger partial charge on any atom is -0.375 e. The van der Waals surface area contributed by atoms with Gasteiger partial charge >= 0.3 is 0 Å². The fraction of sp³-hybridized carbons (Fsp3) is 0.609. The summed E-state index contributed by atoms with van der Waals surface area (Å²) in [4.78, 5) is 33.6. The first-order valence-electron chi connectivity index (χ1n) is 11.1. The summed E-state index contributed by atoms with van der Waals surface area (Å²) in [5, 5.41) is 3.01. The van der Waals surface area contributed by atoms with E-state index in [9.17, 15) is 9.59 Å². The third kappa shape index (κ3) is 4.42. The van der Waals surface area contributed by atoms with Crippen molar-refractivity contribution in [1.82, 2.24) is 14.8 Å². The zero-order valence-electron chi connectivity index (χ0n) is 18.0. The zero-order chi connectivity index (χ0) is 21.1. The van der Waals surface area contributed by atoms with Crippen molar-refractivity contribution in [3.8, 4) is 0 Å². The van der Waals surface area contributed by atoms with E-state index in [2.05, 4.69) is 35.2 Å². The van der Waals surface area contributed by atoms with Crippen molar-refractivity contribution in [2.75, 3.05) is 45.2 Å². The van der Waals surface area contributed by atoms with Crippen LogP contribution < -0.4 is 5.32 Å². The van der Waals surface area contributed by atoms with Crippen LogP contribution in [0.4, 0.5) is 5.82 Å². The second-order valence-electron chi connectivity index (χ2n) is 8.91. The van der Waals surface area contributed by atoms with Gasteiger partial charge < -0.3 is 19.9 Å². The van der Waals surface area contributed by atoms with Gasteiger partial charge in [0, 0.05) is 32.0 Å². The molecule has 2 amide bonds. The van der Waals surface area contributed by atoms with E-state index in [-0.39, 0.29) is 23.3 Å². The number of pyridine rings is 1. The smallest absolute Gasteiger partial charge is 0.246 e. The van der Waals surface area contributed by atoms with Crippen LogP contribution in [-0.4, -0.2) is 72.5 Å². The minimum absolute atomic E-state index is 0.00292. The average Bonchev–Trinajstić information content (AvgIpc) is 2.71. The van der Waals surface area contributed by atoms with Crippen LogP contribution in [0.3, 0.4) is 0 Å². The lowest BCUT2D eigenvalue weighted by Gasteiger charge is -2.42. The number of piperidine rings is 1. The highest BCUT2D eigenvalue weighted by molar-refractivity contribution is 5.98. The van der Waals surface area contributed by atoms with E-state index in [0.29, 0.717) is 25.3 Å². The van der Waals surface area contributed by atoms with Gasteiger partial charge in [-0.15, -0.1) is 0 Å². The number of rotatable bonds is 6. The van der Waals surface area contributed by atoms with E-state index in [4.69, 9.17) is 4.74 Å². The fourth-order valence-corrected chi connectivity index (χ4v) is 4.39. The van der Waals surface area contributed by atoms with Gasteiger partial charge in [0.25, 0.3) is 0 Å². The summed E-state index contributed by atoms with van der Waals surface area (Å²) in [6.07, 6.45) is 9.94. The summed E-state index contributed by atoms with van der Waals surface area (Å²) in [5.74, 6) is 0.758. The molecule has 1 spiro atoms. The second kappa shape index (κ2) is 8.86. The molecule has 0 unspecified atom stereocenters. The van der Waals surface area contributed by atoms with Crippen molar-refractivity contribution >= 4 is 23.7 Å². The van der Waals surface area contributed by atoms with Crippen LogP contribution in [0.1, 0.15) is 43.7 Å². The largest absolute Gasteiger partial charge is 0.375 e. The lowest BCUT2D eigenvalue weighted by molar-refractivity contribution is -0.139. The van der Waals surface area contributed by atoms with Gasteiger partial charge in [0.15, 0.2) is 0 Å². The summed E-state index contributed by atoms with van der Waals surface area (Å²) in [6.45, 7) is 6.11. The van der Waals surface area contributed by atoms with E-state index in [1.54, 1.807) is 17.2 Å². The van der Waals surface area contributed by atoms with Crippen molar-refractivity contribution < 1.29 is 14.3 Å². The van der Waals surface area contributed by atoms with E-state index in [1.165, 1.54) is 0 Å². The van der Waals surface area contributed by atoms with Crippen molar-refractivity contribution in [2.45, 2.75) is 45.1 Å². The van der Waals surface area contributed by atoms with Crippen LogP contribution >= 0.6 is 0 Å². The summed E-state index contributed by atoms with van der Waals surface area (Å²) < 4.78 is 5.73. The molecule has 0 aromatic carbocycles. The summed E-state index contributed by atoms with van der Waals surface area (Å²) in [7, 11) is 2.10. The Balaban J connectivity index is 1.36. The molecule has 2 fully saturated rings. The van der Waals surface area contributed by atoms with Crippen molar-refractivity contribution in [2.24, 2.45) is 5.41 Å². The molecule has 162 valence electrons. The highest BCUT2D eigenvalue weighted by Gasteiger charge is 2.44. The van der Waals surface area contributed by atoms with E-state index in [0.717, 1.165) is 56.5 Å². The van der Waals surface area contributed by atoms with E-state index in [1.807, 2.05) is 6.08 Å². The molecule has 1 aromatic rings. The van der Waals surface area contributed by atoms with Gasteiger partial charge in [0.05, 0.1) is 11.5 Å². The maximum atomic E-state index is 12.7. The predicted octanol–water partition coefficient (Wildman–Crippen LogP) is 2.33. The molecule has 1 aromatic heterocycles. The van der Waals surface area contributed by atoms with Crippen LogP contribution in [0, 0.1) is 5.41 Å². The lowest BCUT2D eigenvalue weighted by atomic mass is 9.71. The van der Waals surface area contributed by atoms with Crippen LogP contribution in [-0.2, 0) is 20.7 Å². The van der Waals surface area contributed by atoms with Crippen molar-refractivity contribution in [3.63, 3.8) is 0 Å². The summed E-state index contributed by atoms with van der Waals surface area (Å²) in [6, 6.07) is 2.05. The lowest BCUT2D eigenvalue weighted by Crippen LogP contribution is -2.54. The number of carbonyl (C=O) groups is 2. The highest BCUT2D eigenvalue weighted by atomic mass is 16.5. The Hall–Kier alpha value is -2.25. The molecule has 2 saturated heterocycles. The van der Waals surface area contributed by atoms with Crippen LogP contribution in [0.15, 0.2) is 18.3 Å². The number of aromatic nitrogens is 1. The number of nitrogens with one attached hydrogen (secondary N) is 1. The minimum atomic E-state index is -0.330. The number of hydrogen-bond donors (Lipinski definition) is 1. The first-order chi connectivity index (χ1) is 14.5. The monoisotopic (exact) mass is 412 g/mol. The van der Waals surface area contributed by atoms with E-state index >= 15 is 0 Å². The van der Waals surface area contributed by atoms with Gasteiger partial charge in [-0.05, 0) is 69.1 Å². The molecule has 3 aliphatic rings. The number of amides is 2. The van der Waals surface area contributed by atoms with Crippen molar-refractivity contribution in [1.29, 1.82) is 0 Å². The molecule has 4 rings (SSSR count). The Morgan fingerprint density at radius 3 is 2.87 bits per heavy atom. The van der Waals surface area contributed by atoms with Crippen LogP contribution in [0.5, 0.6) is 0 Å². The Labute approximate surface area is 178 Å². The summed E-state index contributed by atoms with van der Waals surface area (Å²) >= 11 is 0. The number of anilines is 1. The van der Waals surface area contributed by atoms with Gasteiger partial charge in [-0.2, -0.15) is 0 Å². The first-order valence-corrected chi connectivity index (χ1v) is 11.1. The molecular weight excluding hydrogens is 380 g/mol. The van der Waals surface area contributed by atoms with Gasteiger partial charge in [0.2, 0.25) is 11.8 Å². The van der Waals surface area contributed by atoms with Gasteiger partial charge in [-0.1, -0.05) is 13.3 Å². The number of likely N-dealkylation sites (tertiary alicyclic amines) is 2. The molecule has 3 aliphatic heterocycles. The number of nitrogens with zero attached hydrogens (tertiary/aromatic N) is 3. The molecule has 0 atom stereocenters. The Kier molecular flexibility index (Phi) is 6.20. The maximum absolute atomic E-state index is 12.7. The number of fused-ring (bicyclic) bond motifs is 1. The number of ether oxygens (including phenoxy) is 1. The predicted molar refractivity (Wildman–Crippen MR) is 116 cm³/mol. The summed E-state index contributed by atoms with van der Waals surface area (Å²) in [5.41, 5.74) is 1.61. The second-order valence-corrected chi connectivity index (χ2v) is 8.91. The Bertz CT molecular complexity index is 824. The number of unbranched alkanes of at least 4 members (excludes halogenated alkanes) is 1. The Morgan fingerprint density at radius 1 is 1.37 bits per heavy atom. The molecule has 0 radical (unpaired) electrons. The maximum Gasteiger partial charge on any atom is 0.246 e. The quantitative estimate of drug-likeness (QED) is 0.573. The standard InChI is InChI=1S/C23H32N4O3/c1-3-4-11-30-19-15-27(16-19)20(28)6-5-17-12-18-13-23(7-9-26(2)10-8-23)22(29)25-21(18)24-14-17/h5-6,12,14,19H,3-4,7-11,13,15-16H2,1-2H3,(H,24,25,29)/b6-5+. The molecule has 0 saturated carbocycles. The topological polar surface area (TPSA) is 74.8 Å². The van der Waals surface area contributed by atoms with Gasteiger partial charge in [-0.25, -0.2) is 4.98 Å². The molecule has 30 heavy (non-hydrogen) atoms. The SMILES string of the molecule is CCCCOC1CN(C(=O)/C=C/c2cnc3c(c2)CC2(CCN(C)CC2)C(=O)N3)C1. The third-order valence-electron chi connectivity index (χ3n) is 6.60. The molecule has 0 bridgehead atoms. The zero-order valence-corrected chi connectivity index (χ0v) is 18.0. The fourth-order valence-electron chi connectivity index (χ4n) is 4.39. The molecule has 0 aliphatic carbocycles. The van der Waals surface area contributed by atoms with Gasteiger partial charge in [-0.3, -0.25) is 9.59 Å². The van der Waals surface area contributed by atoms with Crippen molar-refractivity contribution in [3.05, 3.63) is 29.5 Å². The number of carbonyl (C=O) groups excluding carboxylic acids is 2. The molecular formula is C23H32N4O3. The number of hydrogen-bond acceptors (Lipinski definition) is 5.